The summed E-state index contributed by atoms with van der Waals surface area (Å²) in [6.07, 6.45) is 7.63. The van der Waals surface area contributed by atoms with E-state index in [1.165, 1.54) is 18.6 Å². The van der Waals surface area contributed by atoms with Crippen molar-refractivity contribution in [2.45, 2.75) is 75.9 Å². The van der Waals surface area contributed by atoms with Gasteiger partial charge in [0, 0.05) is 24.7 Å². The minimum Gasteiger partial charge on any atom is -0.340 e. The summed E-state index contributed by atoms with van der Waals surface area (Å²) in [4.78, 5) is 12.6. The standard InChI is InChI=1S/C18H32FN5OS/c19-14-3-1-2-11(7-14)6-12-4-5-16(20-9-12)22-18(25)13-8-15-17(21-10-13)24-26-23-15/h11-17,20-21,23-24H,1-10H2,(H,22,25). The molecule has 6 nitrogen and oxygen atoms in total. The Morgan fingerprint density at radius 2 is 1.96 bits per heavy atom. The van der Waals surface area contributed by atoms with Gasteiger partial charge in [-0.15, -0.1) is 0 Å². The molecule has 148 valence electrons. The van der Waals surface area contributed by atoms with Crippen molar-refractivity contribution < 1.29 is 9.18 Å². The van der Waals surface area contributed by atoms with Gasteiger partial charge >= 0.3 is 0 Å². The van der Waals surface area contributed by atoms with Crippen LogP contribution in [0.2, 0.25) is 0 Å². The molecule has 7 unspecified atom stereocenters. The smallest absolute Gasteiger partial charge is 0.225 e. The quantitative estimate of drug-likeness (QED) is 0.471. The Hall–Kier alpha value is -0.410. The molecule has 4 rings (SSSR count). The van der Waals surface area contributed by atoms with Gasteiger partial charge in [0.2, 0.25) is 5.91 Å². The fourth-order valence-corrected chi connectivity index (χ4v) is 5.82. The fourth-order valence-electron chi connectivity index (χ4n) is 4.99. The second-order valence-electron chi connectivity index (χ2n) is 8.54. The molecule has 0 aromatic carbocycles. The Morgan fingerprint density at radius 1 is 1.04 bits per heavy atom. The molecule has 5 N–H and O–H groups in total. The Morgan fingerprint density at radius 3 is 2.77 bits per heavy atom. The lowest BCUT2D eigenvalue weighted by molar-refractivity contribution is -0.127. The number of carbonyl (C=O) groups is 1. The van der Waals surface area contributed by atoms with Crippen molar-refractivity contribution in [3.8, 4) is 0 Å². The third-order valence-corrected chi connectivity index (χ3v) is 7.30. The van der Waals surface area contributed by atoms with E-state index in [-0.39, 0.29) is 24.2 Å². The number of carbonyl (C=O) groups excluding carboxylic acids is 1. The molecule has 0 aromatic rings. The van der Waals surface area contributed by atoms with Gasteiger partial charge in [0.15, 0.2) is 0 Å². The van der Waals surface area contributed by atoms with Gasteiger partial charge < -0.3 is 5.32 Å². The molecule has 1 amide bonds. The molecular weight excluding hydrogens is 353 g/mol. The third-order valence-electron chi connectivity index (χ3n) is 6.51. The highest BCUT2D eigenvalue weighted by atomic mass is 32.2. The summed E-state index contributed by atoms with van der Waals surface area (Å²) in [5, 5.41) is 10.1. The molecule has 26 heavy (non-hydrogen) atoms. The second-order valence-corrected chi connectivity index (χ2v) is 9.22. The molecule has 4 fully saturated rings. The monoisotopic (exact) mass is 385 g/mol. The van der Waals surface area contributed by atoms with Crippen molar-refractivity contribution in [3.05, 3.63) is 0 Å². The molecule has 0 radical (unpaired) electrons. The van der Waals surface area contributed by atoms with Crippen LogP contribution >= 0.6 is 12.1 Å². The van der Waals surface area contributed by atoms with Gasteiger partial charge in [0.25, 0.3) is 0 Å². The van der Waals surface area contributed by atoms with Gasteiger partial charge in [0.1, 0.15) is 6.17 Å². The van der Waals surface area contributed by atoms with Crippen molar-refractivity contribution >= 4 is 18.0 Å². The molecule has 3 aliphatic heterocycles. The third kappa shape index (κ3) is 4.70. The molecule has 0 aromatic heterocycles. The number of fused-ring (bicyclic) bond motifs is 1. The predicted molar refractivity (Wildman–Crippen MR) is 102 cm³/mol. The van der Waals surface area contributed by atoms with Crippen molar-refractivity contribution in [2.24, 2.45) is 17.8 Å². The normalized spacial score (nSPS) is 43.7. The zero-order chi connectivity index (χ0) is 17.9. The molecule has 0 spiro atoms. The summed E-state index contributed by atoms with van der Waals surface area (Å²) in [6, 6.07) is 0.308. The molecule has 4 aliphatic rings. The van der Waals surface area contributed by atoms with E-state index in [0.29, 0.717) is 17.9 Å². The number of amides is 1. The van der Waals surface area contributed by atoms with E-state index in [1.54, 1.807) is 0 Å². The fraction of sp³-hybridized carbons (Fsp3) is 0.944. The maximum Gasteiger partial charge on any atom is 0.225 e. The number of rotatable bonds is 4. The van der Waals surface area contributed by atoms with Crippen LogP contribution in [0.1, 0.15) is 51.4 Å². The lowest BCUT2D eigenvalue weighted by Crippen LogP contribution is -2.58. The SMILES string of the molecule is O=C(NC1CCC(CC2CCCC(F)C2)CN1)C1CNC2NSNC2C1. The number of piperidine rings is 2. The topological polar surface area (TPSA) is 77.2 Å². The van der Waals surface area contributed by atoms with E-state index >= 15 is 0 Å². The number of hydrogen-bond acceptors (Lipinski definition) is 6. The highest BCUT2D eigenvalue weighted by Gasteiger charge is 2.37. The predicted octanol–water partition coefficient (Wildman–Crippen LogP) is 1.41. The summed E-state index contributed by atoms with van der Waals surface area (Å²) < 4.78 is 20.2. The molecule has 8 heteroatoms. The van der Waals surface area contributed by atoms with Crippen molar-refractivity contribution in [1.29, 1.82) is 0 Å². The van der Waals surface area contributed by atoms with Crippen LogP contribution in [0.25, 0.3) is 0 Å². The molecule has 0 bridgehead atoms. The summed E-state index contributed by atoms with van der Waals surface area (Å²) in [5.41, 5.74) is 0. The molecule has 1 saturated carbocycles. The summed E-state index contributed by atoms with van der Waals surface area (Å²) in [6.45, 7) is 1.66. The van der Waals surface area contributed by atoms with Crippen LogP contribution in [0.15, 0.2) is 0 Å². The maximum atomic E-state index is 13.6. The van der Waals surface area contributed by atoms with Gasteiger partial charge in [-0.2, -0.15) is 0 Å². The van der Waals surface area contributed by atoms with Gasteiger partial charge in [-0.25, -0.2) is 13.8 Å². The second kappa shape index (κ2) is 8.73. The average Bonchev–Trinajstić information content (AvgIpc) is 3.11. The van der Waals surface area contributed by atoms with E-state index in [9.17, 15) is 9.18 Å². The van der Waals surface area contributed by atoms with Crippen LogP contribution in [-0.2, 0) is 4.79 Å². The number of alkyl halides is 1. The van der Waals surface area contributed by atoms with Crippen LogP contribution in [-0.4, -0.2) is 43.5 Å². The Bertz CT molecular complexity index is 490. The van der Waals surface area contributed by atoms with Crippen LogP contribution in [0.5, 0.6) is 0 Å². The molecule has 3 saturated heterocycles. The van der Waals surface area contributed by atoms with E-state index in [2.05, 4.69) is 25.4 Å². The summed E-state index contributed by atoms with van der Waals surface area (Å²) in [5.74, 6) is 1.36. The Balaban J connectivity index is 1.17. The lowest BCUT2D eigenvalue weighted by Gasteiger charge is -2.35. The van der Waals surface area contributed by atoms with Crippen molar-refractivity contribution in [2.75, 3.05) is 13.1 Å². The number of halogens is 1. The first kappa shape index (κ1) is 18.9. The Labute approximate surface area is 159 Å². The average molecular weight is 386 g/mol. The zero-order valence-electron chi connectivity index (χ0n) is 15.3. The first-order valence-electron chi connectivity index (χ1n) is 10.3. The van der Waals surface area contributed by atoms with Gasteiger partial charge in [-0.05, 0) is 56.9 Å². The number of nitrogens with one attached hydrogen (secondary N) is 5. The van der Waals surface area contributed by atoms with Gasteiger partial charge in [0.05, 0.1) is 18.2 Å². The van der Waals surface area contributed by atoms with Crippen LogP contribution < -0.4 is 25.4 Å². The minimum absolute atomic E-state index is 0.0208. The van der Waals surface area contributed by atoms with E-state index in [1.807, 2.05) is 0 Å². The first-order chi connectivity index (χ1) is 12.7. The van der Waals surface area contributed by atoms with Gasteiger partial charge in [-0.1, -0.05) is 12.8 Å². The lowest BCUT2D eigenvalue weighted by atomic mass is 9.80. The van der Waals surface area contributed by atoms with Crippen LogP contribution in [0, 0.1) is 17.8 Å². The van der Waals surface area contributed by atoms with E-state index in [4.69, 9.17) is 0 Å². The van der Waals surface area contributed by atoms with E-state index in [0.717, 1.165) is 58.0 Å². The van der Waals surface area contributed by atoms with Crippen molar-refractivity contribution in [1.82, 2.24) is 25.4 Å². The Kier molecular flexibility index (Phi) is 6.36. The minimum atomic E-state index is -0.580. The summed E-state index contributed by atoms with van der Waals surface area (Å²) in [7, 11) is 0. The van der Waals surface area contributed by atoms with Crippen LogP contribution in [0.3, 0.4) is 0 Å². The van der Waals surface area contributed by atoms with E-state index < -0.39 is 6.17 Å². The highest BCUT2D eigenvalue weighted by Crippen LogP contribution is 2.33. The highest BCUT2D eigenvalue weighted by molar-refractivity contribution is 7.95. The molecular formula is C18H32FN5OS. The maximum absolute atomic E-state index is 13.6. The largest absolute Gasteiger partial charge is 0.340 e. The number of hydrogen-bond donors (Lipinski definition) is 5. The molecule has 3 heterocycles. The first-order valence-corrected chi connectivity index (χ1v) is 11.1. The van der Waals surface area contributed by atoms with Crippen molar-refractivity contribution in [3.63, 3.8) is 0 Å². The summed E-state index contributed by atoms with van der Waals surface area (Å²) >= 11 is 1.51. The van der Waals surface area contributed by atoms with Gasteiger partial charge in [-0.3, -0.25) is 15.4 Å². The molecule has 1 aliphatic carbocycles. The van der Waals surface area contributed by atoms with Crippen LogP contribution in [0.4, 0.5) is 4.39 Å². The zero-order valence-corrected chi connectivity index (χ0v) is 16.1. The molecule has 7 atom stereocenters.